The van der Waals surface area contributed by atoms with Crippen molar-refractivity contribution >= 4 is 43.2 Å². The molecule has 2 rings (SSSR count). The second kappa shape index (κ2) is 6.62. The molecule has 0 saturated carbocycles. The molecular formula is C12H8BrClF3N3O2S. The lowest BCUT2D eigenvalue weighted by atomic mass is 10.1. The monoisotopic (exact) mass is 429 g/mol. The summed E-state index contributed by atoms with van der Waals surface area (Å²) in [5.74, 6) is -0.853. The molecule has 0 spiro atoms. The average molecular weight is 431 g/mol. The highest BCUT2D eigenvalue weighted by Crippen LogP contribution is 2.37. The number of hydrogen-bond acceptors (Lipinski definition) is 4. The maximum Gasteiger partial charge on any atom is 0.281 e. The molecule has 0 aliphatic rings. The molecule has 2 aromatic rings. The van der Waals surface area contributed by atoms with E-state index in [1.54, 1.807) is 0 Å². The number of hydrogen-bond donors (Lipinski definition) is 1. The zero-order valence-electron chi connectivity index (χ0n) is 11.3. The molecule has 124 valence electrons. The molecule has 1 heterocycles. The second-order valence-corrected chi connectivity index (χ2v) is 7.36. The molecule has 0 aliphatic heterocycles. The molecule has 0 fully saturated rings. The van der Waals surface area contributed by atoms with Gasteiger partial charge in [-0.3, -0.25) is 4.72 Å². The van der Waals surface area contributed by atoms with Crippen LogP contribution < -0.4 is 4.72 Å². The highest BCUT2D eigenvalue weighted by atomic mass is 79.9. The first-order chi connectivity index (χ1) is 10.6. The van der Waals surface area contributed by atoms with Crippen LogP contribution >= 0.6 is 27.5 Å². The Morgan fingerprint density at radius 2 is 1.96 bits per heavy atom. The number of nitrogens with zero attached hydrogens (tertiary/aromatic N) is 2. The third-order valence-corrected chi connectivity index (χ3v) is 4.32. The molecular weight excluding hydrogens is 423 g/mol. The fourth-order valence-electron chi connectivity index (χ4n) is 1.73. The summed E-state index contributed by atoms with van der Waals surface area (Å²) >= 11 is 8.70. The Morgan fingerprint density at radius 1 is 1.30 bits per heavy atom. The van der Waals surface area contributed by atoms with E-state index in [1.165, 1.54) is 0 Å². The highest BCUT2D eigenvalue weighted by Gasteiger charge is 2.21. The van der Waals surface area contributed by atoms with Crippen molar-refractivity contribution < 1.29 is 21.6 Å². The van der Waals surface area contributed by atoms with Crippen LogP contribution in [0.3, 0.4) is 0 Å². The smallest absolute Gasteiger partial charge is 0.281 e. The minimum atomic E-state index is -3.66. The van der Waals surface area contributed by atoms with E-state index in [0.717, 1.165) is 24.7 Å². The van der Waals surface area contributed by atoms with Crippen LogP contribution in [-0.4, -0.2) is 24.6 Å². The van der Waals surface area contributed by atoms with Crippen LogP contribution in [0.25, 0.3) is 11.3 Å². The summed E-state index contributed by atoms with van der Waals surface area (Å²) < 4.78 is 64.4. The molecule has 1 aromatic carbocycles. The molecule has 0 atom stereocenters. The van der Waals surface area contributed by atoms with Crippen LogP contribution in [0.4, 0.5) is 18.9 Å². The van der Waals surface area contributed by atoms with Gasteiger partial charge in [0.1, 0.15) is 17.8 Å². The Labute approximate surface area is 143 Å². The third-order valence-electron chi connectivity index (χ3n) is 2.63. The quantitative estimate of drug-likeness (QED) is 0.796. The fraction of sp³-hybridized carbons (Fsp3) is 0.167. The summed E-state index contributed by atoms with van der Waals surface area (Å²) in [4.78, 5) is 7.19. The minimum Gasteiger partial charge on any atom is -0.282 e. The lowest BCUT2D eigenvalue weighted by molar-refractivity contribution is 0.145. The second-order valence-electron chi connectivity index (χ2n) is 4.41. The summed E-state index contributed by atoms with van der Waals surface area (Å²) in [5.41, 5.74) is -1.07. The average Bonchev–Trinajstić information content (AvgIpc) is 2.41. The standard InChI is InChI=1S/C12H8BrClF3N3O2S/c1-23(21,22)20-8-2-5(7(15)3-6(8)14)10-9(13)11(12(16)17)19-4-18-10/h2-4,12,20H,1H3. The van der Waals surface area contributed by atoms with E-state index in [9.17, 15) is 21.6 Å². The predicted octanol–water partition coefficient (Wildman–Crippen LogP) is 4.01. The first-order valence-electron chi connectivity index (χ1n) is 5.86. The first kappa shape index (κ1) is 18.0. The number of aromatic nitrogens is 2. The molecule has 0 bridgehead atoms. The summed E-state index contributed by atoms with van der Waals surface area (Å²) in [7, 11) is -3.66. The molecule has 23 heavy (non-hydrogen) atoms. The van der Waals surface area contributed by atoms with Crippen molar-refractivity contribution in [2.45, 2.75) is 6.43 Å². The number of anilines is 1. The molecule has 1 aromatic heterocycles. The molecule has 0 radical (unpaired) electrons. The zero-order valence-corrected chi connectivity index (χ0v) is 14.5. The fourth-order valence-corrected chi connectivity index (χ4v) is 3.15. The van der Waals surface area contributed by atoms with Crippen molar-refractivity contribution in [1.82, 2.24) is 9.97 Å². The lowest BCUT2D eigenvalue weighted by Gasteiger charge is -2.12. The Bertz CT molecular complexity index is 865. The molecule has 0 unspecified atom stereocenters. The van der Waals surface area contributed by atoms with Gasteiger partial charge in [-0.05, 0) is 28.1 Å². The number of benzene rings is 1. The van der Waals surface area contributed by atoms with Crippen LogP contribution in [-0.2, 0) is 10.0 Å². The van der Waals surface area contributed by atoms with Gasteiger partial charge >= 0.3 is 0 Å². The van der Waals surface area contributed by atoms with Gasteiger partial charge in [0.15, 0.2) is 0 Å². The third kappa shape index (κ3) is 4.12. The Morgan fingerprint density at radius 3 is 2.52 bits per heavy atom. The van der Waals surface area contributed by atoms with Gasteiger partial charge in [-0.15, -0.1) is 0 Å². The lowest BCUT2D eigenvalue weighted by Crippen LogP contribution is -2.10. The van der Waals surface area contributed by atoms with E-state index >= 15 is 0 Å². The number of sulfonamides is 1. The van der Waals surface area contributed by atoms with Crippen LogP contribution in [0.15, 0.2) is 22.9 Å². The van der Waals surface area contributed by atoms with Crippen LogP contribution in [0, 0.1) is 5.82 Å². The van der Waals surface area contributed by atoms with Gasteiger partial charge in [0, 0.05) is 5.56 Å². The van der Waals surface area contributed by atoms with E-state index in [-0.39, 0.29) is 26.4 Å². The summed E-state index contributed by atoms with van der Waals surface area (Å²) in [6.45, 7) is 0. The number of nitrogens with one attached hydrogen (secondary N) is 1. The zero-order chi connectivity index (χ0) is 17.4. The Hall–Kier alpha value is -1.39. The largest absolute Gasteiger partial charge is 0.282 e. The predicted molar refractivity (Wildman–Crippen MR) is 83.6 cm³/mol. The van der Waals surface area contributed by atoms with Crippen LogP contribution in [0.2, 0.25) is 5.02 Å². The summed E-state index contributed by atoms with van der Waals surface area (Å²) in [6.07, 6.45) is -1.14. The Balaban J connectivity index is 2.65. The van der Waals surface area contributed by atoms with Crippen LogP contribution in [0.5, 0.6) is 0 Å². The number of alkyl halides is 2. The maximum absolute atomic E-state index is 14.1. The van der Waals surface area contributed by atoms with E-state index in [1.807, 2.05) is 0 Å². The minimum absolute atomic E-state index is 0.102. The number of halogens is 5. The number of rotatable bonds is 4. The van der Waals surface area contributed by atoms with Crippen molar-refractivity contribution in [2.75, 3.05) is 11.0 Å². The Kier molecular flexibility index (Phi) is 5.17. The topological polar surface area (TPSA) is 72.0 Å². The van der Waals surface area contributed by atoms with Crippen molar-refractivity contribution in [3.63, 3.8) is 0 Å². The first-order valence-corrected chi connectivity index (χ1v) is 8.92. The molecule has 0 amide bonds. The van der Waals surface area contributed by atoms with Gasteiger partial charge in [-0.1, -0.05) is 11.6 Å². The van der Waals surface area contributed by atoms with E-state index in [0.29, 0.717) is 0 Å². The summed E-state index contributed by atoms with van der Waals surface area (Å²) in [6, 6.07) is 1.93. The van der Waals surface area contributed by atoms with Crippen LogP contribution in [0.1, 0.15) is 12.1 Å². The molecule has 1 N–H and O–H groups in total. The molecule has 0 aliphatic carbocycles. The van der Waals surface area contributed by atoms with Crippen molar-refractivity contribution in [3.8, 4) is 11.3 Å². The van der Waals surface area contributed by atoms with Gasteiger partial charge in [-0.2, -0.15) is 0 Å². The van der Waals surface area contributed by atoms with E-state index < -0.39 is 28.0 Å². The molecule has 0 saturated heterocycles. The maximum atomic E-state index is 14.1. The summed E-state index contributed by atoms with van der Waals surface area (Å²) in [5, 5.41) is -0.184. The highest BCUT2D eigenvalue weighted by molar-refractivity contribution is 9.10. The van der Waals surface area contributed by atoms with Gasteiger partial charge in [0.25, 0.3) is 6.43 Å². The SMILES string of the molecule is CS(=O)(=O)Nc1cc(-c2ncnc(C(F)F)c2Br)c(F)cc1Cl. The van der Waals surface area contributed by atoms with E-state index in [4.69, 9.17) is 11.6 Å². The molecule has 5 nitrogen and oxygen atoms in total. The van der Waals surface area contributed by atoms with Gasteiger partial charge in [0.05, 0.1) is 27.1 Å². The van der Waals surface area contributed by atoms with E-state index in [2.05, 4.69) is 30.6 Å². The van der Waals surface area contributed by atoms with Gasteiger partial charge < -0.3 is 0 Å². The van der Waals surface area contributed by atoms with Crippen molar-refractivity contribution in [2.24, 2.45) is 0 Å². The van der Waals surface area contributed by atoms with Crippen molar-refractivity contribution in [3.05, 3.63) is 39.5 Å². The molecule has 11 heteroatoms. The normalized spacial score (nSPS) is 11.8. The van der Waals surface area contributed by atoms with Gasteiger partial charge in [0.2, 0.25) is 10.0 Å². The van der Waals surface area contributed by atoms with Gasteiger partial charge in [-0.25, -0.2) is 31.6 Å². The van der Waals surface area contributed by atoms with Crippen molar-refractivity contribution in [1.29, 1.82) is 0 Å².